The third-order valence-electron chi connectivity index (χ3n) is 2.45. The number of allylic oxidation sites excluding steroid dienone is 2. The van der Waals surface area contributed by atoms with Crippen LogP contribution in [0, 0.1) is 0 Å². The SMILES string of the molecule is CC=C[Si](OC)(OC)OC.CC=C[Si](OC)(OC)OC.NC(N)=O. The fraction of sp³-hybridized carbons (Fsp3) is 0.615. The second-order valence-corrected chi connectivity index (χ2v) is 9.36. The molecule has 24 heavy (non-hydrogen) atoms. The monoisotopic (exact) mass is 384 g/mol. The Labute approximate surface area is 147 Å². The van der Waals surface area contributed by atoms with Gasteiger partial charge < -0.3 is 38.0 Å². The van der Waals surface area contributed by atoms with E-state index < -0.39 is 23.6 Å². The van der Waals surface area contributed by atoms with Gasteiger partial charge >= 0.3 is 23.6 Å². The molecule has 2 amide bonds. The summed E-state index contributed by atoms with van der Waals surface area (Å²) in [4.78, 5) is 9.00. The summed E-state index contributed by atoms with van der Waals surface area (Å²) in [5, 5.41) is 0. The molecule has 0 aliphatic carbocycles. The van der Waals surface area contributed by atoms with Gasteiger partial charge in [-0.3, -0.25) is 0 Å². The molecule has 11 heteroatoms. The Morgan fingerprint density at radius 2 is 0.833 bits per heavy atom. The molecule has 0 aromatic rings. The van der Waals surface area contributed by atoms with Crippen LogP contribution in [0.1, 0.15) is 13.8 Å². The highest BCUT2D eigenvalue weighted by Crippen LogP contribution is 2.07. The molecular formula is C13H32N2O7Si2. The molecular weight excluding hydrogens is 352 g/mol. The van der Waals surface area contributed by atoms with E-state index in [1.54, 1.807) is 42.7 Å². The minimum absolute atomic E-state index is 0.833. The van der Waals surface area contributed by atoms with Crippen LogP contribution in [0.4, 0.5) is 4.79 Å². The van der Waals surface area contributed by atoms with Crippen molar-refractivity contribution in [2.75, 3.05) is 42.7 Å². The first-order valence-corrected chi connectivity index (χ1v) is 10.5. The number of amides is 2. The number of nitrogens with two attached hydrogens (primary N) is 2. The molecule has 9 nitrogen and oxygen atoms in total. The van der Waals surface area contributed by atoms with E-state index in [2.05, 4.69) is 11.5 Å². The van der Waals surface area contributed by atoms with Gasteiger partial charge in [0.2, 0.25) is 0 Å². The molecule has 0 spiro atoms. The predicted molar refractivity (Wildman–Crippen MR) is 97.0 cm³/mol. The first-order chi connectivity index (χ1) is 11.2. The van der Waals surface area contributed by atoms with Crippen molar-refractivity contribution < 1.29 is 31.4 Å². The van der Waals surface area contributed by atoms with Crippen molar-refractivity contribution >= 4 is 23.6 Å². The second-order valence-electron chi connectivity index (χ2n) is 3.83. The van der Waals surface area contributed by atoms with Crippen LogP contribution >= 0.6 is 0 Å². The molecule has 0 heterocycles. The van der Waals surface area contributed by atoms with E-state index in [0.717, 1.165) is 0 Å². The van der Waals surface area contributed by atoms with E-state index in [1.165, 1.54) is 0 Å². The zero-order valence-electron chi connectivity index (χ0n) is 15.8. The summed E-state index contributed by atoms with van der Waals surface area (Å²) < 4.78 is 30.5. The number of hydrogen-bond acceptors (Lipinski definition) is 7. The lowest BCUT2D eigenvalue weighted by molar-refractivity contribution is 0.138. The van der Waals surface area contributed by atoms with E-state index in [1.807, 2.05) is 37.4 Å². The molecule has 4 N–H and O–H groups in total. The van der Waals surface area contributed by atoms with Crippen molar-refractivity contribution in [3.8, 4) is 0 Å². The molecule has 0 aromatic carbocycles. The maximum atomic E-state index is 9.00. The van der Waals surface area contributed by atoms with Crippen LogP contribution in [0.15, 0.2) is 23.6 Å². The number of urea groups is 1. The van der Waals surface area contributed by atoms with Gasteiger partial charge in [-0.05, 0) is 25.2 Å². The standard InChI is InChI=1S/2C6H14O3Si.CH4N2O/c2*1-5-6-10(7-2,8-3)9-4;2-1(3)4/h2*5-6H,1-4H3;(H4,2,3,4). The average molecular weight is 385 g/mol. The highest BCUT2D eigenvalue weighted by atomic mass is 28.4. The fourth-order valence-corrected chi connectivity index (χ4v) is 3.95. The maximum Gasteiger partial charge on any atom is 0.528 e. The van der Waals surface area contributed by atoms with E-state index >= 15 is 0 Å². The van der Waals surface area contributed by atoms with E-state index in [4.69, 9.17) is 31.4 Å². The van der Waals surface area contributed by atoms with Crippen LogP contribution in [0.25, 0.3) is 0 Å². The minimum atomic E-state index is -2.40. The summed E-state index contributed by atoms with van der Waals surface area (Å²) in [6.45, 7) is 3.80. The van der Waals surface area contributed by atoms with Gasteiger partial charge in [-0.25, -0.2) is 4.79 Å². The predicted octanol–water partition coefficient (Wildman–Crippen LogP) is 0.983. The Balaban J connectivity index is -0.000000301. The molecule has 0 saturated carbocycles. The highest BCUT2D eigenvalue weighted by Gasteiger charge is 2.34. The first-order valence-electron chi connectivity index (χ1n) is 6.85. The van der Waals surface area contributed by atoms with Crippen LogP contribution in [0.3, 0.4) is 0 Å². The fourth-order valence-electron chi connectivity index (χ4n) is 1.32. The summed E-state index contributed by atoms with van der Waals surface area (Å²) >= 11 is 0. The number of rotatable bonds is 8. The molecule has 0 bridgehead atoms. The van der Waals surface area contributed by atoms with Crippen molar-refractivity contribution in [1.82, 2.24) is 0 Å². The smallest absolute Gasteiger partial charge is 0.374 e. The molecule has 0 fully saturated rings. The van der Waals surface area contributed by atoms with Crippen LogP contribution in [0.2, 0.25) is 0 Å². The molecule has 144 valence electrons. The summed E-state index contributed by atoms with van der Waals surface area (Å²) in [7, 11) is 4.70. The van der Waals surface area contributed by atoms with Gasteiger partial charge in [-0.15, -0.1) is 0 Å². The van der Waals surface area contributed by atoms with Crippen molar-refractivity contribution in [2.24, 2.45) is 11.5 Å². The first kappa shape index (κ1) is 27.8. The second kappa shape index (κ2) is 16.8. The number of hydrogen-bond donors (Lipinski definition) is 2. The molecule has 0 aliphatic rings. The molecule has 0 saturated heterocycles. The Morgan fingerprint density at radius 1 is 0.667 bits per heavy atom. The largest absolute Gasteiger partial charge is 0.528 e. The van der Waals surface area contributed by atoms with Crippen molar-refractivity contribution in [1.29, 1.82) is 0 Å². The van der Waals surface area contributed by atoms with Gasteiger partial charge in [-0.2, -0.15) is 0 Å². The van der Waals surface area contributed by atoms with Gasteiger partial charge in [0.25, 0.3) is 0 Å². The Morgan fingerprint density at radius 3 is 0.875 bits per heavy atom. The number of primary amides is 2. The van der Waals surface area contributed by atoms with E-state index in [-0.39, 0.29) is 0 Å². The maximum absolute atomic E-state index is 9.00. The summed E-state index contributed by atoms with van der Waals surface area (Å²) in [6, 6.07) is -0.833. The van der Waals surface area contributed by atoms with Gasteiger partial charge in [-0.1, -0.05) is 12.2 Å². The lowest BCUT2D eigenvalue weighted by Gasteiger charge is -2.19. The third kappa shape index (κ3) is 13.4. The van der Waals surface area contributed by atoms with E-state index in [9.17, 15) is 0 Å². The van der Waals surface area contributed by atoms with Gasteiger partial charge in [0.1, 0.15) is 0 Å². The molecule has 0 radical (unpaired) electrons. The molecule has 0 unspecified atom stereocenters. The molecule has 0 atom stereocenters. The number of carbonyl (C=O) groups excluding carboxylic acids is 1. The Hall–Kier alpha value is -1.06. The van der Waals surface area contributed by atoms with Crippen LogP contribution in [-0.4, -0.2) is 66.3 Å². The lowest BCUT2D eigenvalue weighted by atomic mass is 10.8. The van der Waals surface area contributed by atoms with E-state index in [0.29, 0.717) is 0 Å². The third-order valence-corrected chi connectivity index (χ3v) is 7.35. The normalized spacial score (nSPS) is 11.7. The van der Waals surface area contributed by atoms with Crippen LogP contribution < -0.4 is 11.5 Å². The lowest BCUT2D eigenvalue weighted by Crippen LogP contribution is -2.40. The zero-order valence-corrected chi connectivity index (χ0v) is 17.8. The van der Waals surface area contributed by atoms with Crippen LogP contribution in [0.5, 0.6) is 0 Å². The minimum Gasteiger partial charge on any atom is -0.374 e. The van der Waals surface area contributed by atoms with Gasteiger partial charge in [0.15, 0.2) is 0 Å². The molecule has 0 aromatic heterocycles. The summed E-state index contributed by atoms with van der Waals surface area (Å²) in [5.41, 5.74) is 12.2. The van der Waals surface area contributed by atoms with Gasteiger partial charge in [0, 0.05) is 42.7 Å². The Bertz CT molecular complexity index is 312. The summed E-state index contributed by atoms with van der Waals surface area (Å²) in [5.74, 6) is 0. The highest BCUT2D eigenvalue weighted by molar-refractivity contribution is 6.66. The van der Waals surface area contributed by atoms with Crippen LogP contribution in [-0.2, 0) is 26.6 Å². The Kier molecular flexibility index (Phi) is 19.4. The average Bonchev–Trinajstić information content (AvgIpc) is 2.58. The van der Waals surface area contributed by atoms with Crippen molar-refractivity contribution in [3.05, 3.63) is 23.6 Å². The topological polar surface area (TPSA) is 124 Å². The van der Waals surface area contributed by atoms with Crippen molar-refractivity contribution in [2.45, 2.75) is 13.8 Å². The number of carbonyl (C=O) groups is 1. The van der Waals surface area contributed by atoms with Gasteiger partial charge in [0.05, 0.1) is 0 Å². The zero-order chi connectivity index (χ0) is 19.6. The molecule has 0 aliphatic heterocycles. The van der Waals surface area contributed by atoms with Crippen molar-refractivity contribution in [3.63, 3.8) is 0 Å². The quantitative estimate of drug-likeness (QED) is 0.598. The summed E-state index contributed by atoms with van der Waals surface area (Å²) in [6.07, 6.45) is 3.73. The molecule has 0 rings (SSSR count).